The predicted molar refractivity (Wildman–Crippen MR) is 62.4 cm³/mol. The molecular weight excluding hydrogens is 236 g/mol. The molecule has 0 aliphatic rings. The second-order valence-corrected chi connectivity index (χ2v) is 3.54. The molecule has 7 heteroatoms. The largest absolute Gasteiger partial charge is 0.477 e. The summed E-state index contributed by atoms with van der Waals surface area (Å²) in [6, 6.07) is 5.84. The number of carbonyl (C=O) groups is 2. The summed E-state index contributed by atoms with van der Waals surface area (Å²) in [5.41, 5.74) is -0.149. The summed E-state index contributed by atoms with van der Waals surface area (Å²) in [6.45, 7) is 0. The van der Waals surface area contributed by atoms with E-state index in [0.29, 0.717) is 5.82 Å². The quantitative estimate of drug-likeness (QED) is 0.833. The summed E-state index contributed by atoms with van der Waals surface area (Å²) in [6.07, 6.45) is 1.68. The minimum Gasteiger partial charge on any atom is -0.477 e. The zero-order valence-corrected chi connectivity index (χ0v) is 9.49. The van der Waals surface area contributed by atoms with Crippen molar-refractivity contribution in [1.82, 2.24) is 14.8 Å². The number of amides is 1. The number of hydrogen-bond acceptors (Lipinski definition) is 4. The van der Waals surface area contributed by atoms with Gasteiger partial charge in [-0.05, 0) is 12.1 Å². The molecule has 0 aromatic carbocycles. The maximum atomic E-state index is 11.8. The summed E-state index contributed by atoms with van der Waals surface area (Å²) in [4.78, 5) is 26.2. The van der Waals surface area contributed by atoms with Gasteiger partial charge in [-0.1, -0.05) is 6.07 Å². The van der Waals surface area contributed by atoms with E-state index in [1.54, 1.807) is 19.3 Å². The molecular formula is C11H10N4O3. The Morgan fingerprint density at radius 2 is 2.00 bits per heavy atom. The number of rotatable bonds is 3. The van der Waals surface area contributed by atoms with Gasteiger partial charge in [0.05, 0.1) is 0 Å². The van der Waals surface area contributed by atoms with E-state index in [-0.39, 0.29) is 11.4 Å². The molecule has 1 amide bonds. The summed E-state index contributed by atoms with van der Waals surface area (Å²) in [5.74, 6) is -1.30. The van der Waals surface area contributed by atoms with Crippen LogP contribution in [0.25, 0.3) is 0 Å². The van der Waals surface area contributed by atoms with E-state index in [9.17, 15) is 9.59 Å². The first-order valence-corrected chi connectivity index (χ1v) is 5.07. The van der Waals surface area contributed by atoms with E-state index in [2.05, 4.69) is 15.4 Å². The van der Waals surface area contributed by atoms with Gasteiger partial charge < -0.3 is 10.4 Å². The van der Waals surface area contributed by atoms with Gasteiger partial charge in [-0.3, -0.25) is 9.48 Å². The molecule has 2 N–H and O–H groups in total. The zero-order valence-electron chi connectivity index (χ0n) is 9.49. The summed E-state index contributed by atoms with van der Waals surface area (Å²) >= 11 is 0. The minimum absolute atomic E-state index is 0.0283. The first-order valence-electron chi connectivity index (χ1n) is 5.07. The summed E-state index contributed by atoms with van der Waals surface area (Å²) in [5, 5.41) is 15.3. The van der Waals surface area contributed by atoms with Crippen molar-refractivity contribution in [3.63, 3.8) is 0 Å². The van der Waals surface area contributed by atoms with Gasteiger partial charge in [-0.15, -0.1) is 0 Å². The number of anilines is 1. The second kappa shape index (κ2) is 4.66. The Morgan fingerprint density at radius 1 is 1.28 bits per heavy atom. The lowest BCUT2D eigenvalue weighted by molar-refractivity contribution is 0.0690. The molecule has 0 atom stereocenters. The highest BCUT2D eigenvalue weighted by atomic mass is 16.4. The predicted octanol–water partition coefficient (Wildman–Crippen LogP) is 0.766. The molecule has 0 fully saturated rings. The number of aromatic nitrogens is 3. The lowest BCUT2D eigenvalue weighted by Crippen LogP contribution is -2.15. The van der Waals surface area contributed by atoms with Gasteiger partial charge in [0.2, 0.25) is 0 Å². The summed E-state index contributed by atoms with van der Waals surface area (Å²) in [7, 11) is 1.72. The average molecular weight is 246 g/mol. The fourth-order valence-corrected chi connectivity index (χ4v) is 1.34. The van der Waals surface area contributed by atoms with Crippen molar-refractivity contribution in [2.75, 3.05) is 5.32 Å². The maximum Gasteiger partial charge on any atom is 0.354 e. The molecule has 2 rings (SSSR count). The van der Waals surface area contributed by atoms with E-state index in [0.717, 1.165) is 0 Å². The molecule has 0 spiro atoms. The van der Waals surface area contributed by atoms with Gasteiger partial charge in [-0.25, -0.2) is 9.78 Å². The molecule has 2 heterocycles. The van der Waals surface area contributed by atoms with Crippen molar-refractivity contribution in [2.45, 2.75) is 0 Å². The maximum absolute atomic E-state index is 11.8. The van der Waals surface area contributed by atoms with E-state index in [4.69, 9.17) is 5.11 Å². The Bertz CT molecular complexity index is 606. The number of carboxylic acid groups (broad SMARTS) is 1. The van der Waals surface area contributed by atoms with Crippen molar-refractivity contribution >= 4 is 17.7 Å². The van der Waals surface area contributed by atoms with Crippen LogP contribution in [-0.2, 0) is 7.05 Å². The van der Waals surface area contributed by atoms with Gasteiger partial charge in [0.15, 0.2) is 5.82 Å². The van der Waals surface area contributed by atoms with Gasteiger partial charge in [0, 0.05) is 19.3 Å². The Kier molecular flexibility index (Phi) is 3.05. The molecule has 0 unspecified atom stereocenters. The fraction of sp³-hybridized carbons (Fsp3) is 0.0909. The molecule has 2 aromatic heterocycles. The standard InChI is InChI=1S/C11H10N4O3/c1-15-6-5-9(14-15)13-10(16)7-3-2-4-8(12-7)11(17)18/h2-6H,1H3,(H,17,18)(H,13,14,16). The highest BCUT2D eigenvalue weighted by Crippen LogP contribution is 2.05. The number of pyridine rings is 1. The Morgan fingerprint density at radius 3 is 2.61 bits per heavy atom. The monoisotopic (exact) mass is 246 g/mol. The highest BCUT2D eigenvalue weighted by Gasteiger charge is 2.12. The van der Waals surface area contributed by atoms with Gasteiger partial charge >= 0.3 is 5.97 Å². The number of nitrogens with zero attached hydrogens (tertiary/aromatic N) is 3. The van der Waals surface area contributed by atoms with Crippen LogP contribution in [0.4, 0.5) is 5.82 Å². The van der Waals surface area contributed by atoms with Gasteiger partial charge in [0.1, 0.15) is 11.4 Å². The average Bonchev–Trinajstić information content (AvgIpc) is 2.75. The van der Waals surface area contributed by atoms with Crippen molar-refractivity contribution in [3.8, 4) is 0 Å². The normalized spacial score (nSPS) is 10.1. The molecule has 18 heavy (non-hydrogen) atoms. The Hall–Kier alpha value is -2.70. The van der Waals surface area contributed by atoms with Gasteiger partial charge in [-0.2, -0.15) is 5.10 Å². The van der Waals surface area contributed by atoms with Crippen molar-refractivity contribution in [3.05, 3.63) is 41.9 Å². The Labute approximate surface area is 102 Å². The molecule has 0 aliphatic heterocycles. The zero-order chi connectivity index (χ0) is 13.1. The molecule has 7 nitrogen and oxygen atoms in total. The van der Waals surface area contributed by atoms with Crippen LogP contribution in [0.2, 0.25) is 0 Å². The van der Waals surface area contributed by atoms with Crippen LogP contribution in [0, 0.1) is 0 Å². The number of nitrogens with one attached hydrogen (secondary N) is 1. The van der Waals surface area contributed by atoms with Crippen LogP contribution in [-0.4, -0.2) is 31.7 Å². The lowest BCUT2D eigenvalue weighted by atomic mass is 10.3. The van der Waals surface area contributed by atoms with Crippen LogP contribution >= 0.6 is 0 Å². The number of hydrogen-bond donors (Lipinski definition) is 2. The third kappa shape index (κ3) is 2.51. The number of carboxylic acids is 1. The molecule has 0 saturated heterocycles. The van der Waals surface area contributed by atoms with Crippen molar-refractivity contribution in [1.29, 1.82) is 0 Å². The van der Waals surface area contributed by atoms with Crippen molar-refractivity contribution < 1.29 is 14.7 Å². The summed E-state index contributed by atoms with van der Waals surface area (Å²) < 4.78 is 1.54. The third-order valence-corrected chi connectivity index (χ3v) is 2.16. The number of aryl methyl sites for hydroxylation is 1. The molecule has 0 bridgehead atoms. The van der Waals surface area contributed by atoms with Crippen LogP contribution in [0.1, 0.15) is 21.0 Å². The fourth-order valence-electron chi connectivity index (χ4n) is 1.34. The van der Waals surface area contributed by atoms with Crippen LogP contribution < -0.4 is 5.32 Å². The van der Waals surface area contributed by atoms with E-state index >= 15 is 0 Å². The topological polar surface area (TPSA) is 97.1 Å². The first kappa shape index (κ1) is 11.8. The van der Waals surface area contributed by atoms with Crippen molar-refractivity contribution in [2.24, 2.45) is 7.05 Å². The van der Waals surface area contributed by atoms with Crippen LogP contribution in [0.5, 0.6) is 0 Å². The first-order chi connectivity index (χ1) is 8.56. The highest BCUT2D eigenvalue weighted by molar-refractivity contribution is 6.02. The molecule has 0 aliphatic carbocycles. The number of aromatic carboxylic acids is 1. The molecule has 0 saturated carbocycles. The van der Waals surface area contributed by atoms with Crippen LogP contribution in [0.3, 0.4) is 0 Å². The second-order valence-electron chi connectivity index (χ2n) is 3.54. The molecule has 0 radical (unpaired) electrons. The molecule has 2 aromatic rings. The van der Waals surface area contributed by atoms with E-state index < -0.39 is 11.9 Å². The molecule has 92 valence electrons. The minimum atomic E-state index is -1.18. The SMILES string of the molecule is Cn1ccc(NC(=O)c2cccc(C(=O)O)n2)n1. The lowest BCUT2D eigenvalue weighted by Gasteiger charge is -2.02. The van der Waals surface area contributed by atoms with Crippen LogP contribution in [0.15, 0.2) is 30.5 Å². The van der Waals surface area contributed by atoms with Gasteiger partial charge in [0.25, 0.3) is 5.91 Å². The van der Waals surface area contributed by atoms with E-state index in [1.807, 2.05) is 0 Å². The Balaban J connectivity index is 2.18. The number of carbonyl (C=O) groups excluding carboxylic acids is 1. The van der Waals surface area contributed by atoms with E-state index in [1.165, 1.54) is 22.9 Å². The smallest absolute Gasteiger partial charge is 0.354 e. The third-order valence-electron chi connectivity index (χ3n) is 2.16.